The lowest BCUT2D eigenvalue weighted by molar-refractivity contribution is 0.197. The second kappa shape index (κ2) is 4.98. The molecule has 112 valence electrons. The van der Waals surface area contributed by atoms with Gasteiger partial charge in [0.2, 0.25) is 0 Å². The van der Waals surface area contributed by atoms with Crippen molar-refractivity contribution >= 4 is 6.03 Å². The van der Waals surface area contributed by atoms with Crippen LogP contribution in [0.15, 0.2) is 18.5 Å². The van der Waals surface area contributed by atoms with Gasteiger partial charge in [-0.05, 0) is 60.9 Å². The minimum Gasteiger partial charge on any atom is -0.338 e. The summed E-state index contributed by atoms with van der Waals surface area (Å²) in [6, 6.07) is 0.730. The quantitative estimate of drug-likeness (QED) is 0.868. The monoisotopic (exact) mass is 290 g/mol. The standard InChI is InChI=1S/C16H22N4O/c21-15(20-10-12-1-4-18-8-13(12)11-20)19-9-14-7-16(14)2-5-17-6-3-16/h1,4,8,14,17H,2-3,5-7,9-11H2,(H,19,21)/i10D2,11D2. The summed E-state index contributed by atoms with van der Waals surface area (Å²) < 4.78 is 33.0. The maximum atomic E-state index is 12.7. The number of amides is 2. The molecule has 1 aliphatic carbocycles. The summed E-state index contributed by atoms with van der Waals surface area (Å²) in [5.41, 5.74) is 0.578. The van der Waals surface area contributed by atoms with E-state index in [4.69, 9.17) is 5.48 Å². The van der Waals surface area contributed by atoms with E-state index < -0.39 is 19.0 Å². The Balaban J connectivity index is 1.47. The van der Waals surface area contributed by atoms with Crippen molar-refractivity contribution in [3.05, 3.63) is 29.6 Å². The second-order valence-corrected chi connectivity index (χ2v) is 6.18. The van der Waals surface area contributed by atoms with Gasteiger partial charge in [-0.15, -0.1) is 0 Å². The van der Waals surface area contributed by atoms with Crippen molar-refractivity contribution in [2.24, 2.45) is 11.3 Å². The molecule has 4 rings (SSSR count). The molecule has 1 spiro atoms. The van der Waals surface area contributed by atoms with E-state index in [9.17, 15) is 4.79 Å². The summed E-state index contributed by atoms with van der Waals surface area (Å²) in [6.45, 7) is -1.96. The first-order valence-electron chi connectivity index (χ1n) is 9.53. The van der Waals surface area contributed by atoms with Gasteiger partial charge < -0.3 is 15.5 Å². The molecular weight excluding hydrogens is 264 g/mol. The zero-order valence-corrected chi connectivity index (χ0v) is 11.9. The van der Waals surface area contributed by atoms with Crippen molar-refractivity contribution in [1.82, 2.24) is 20.5 Å². The van der Waals surface area contributed by atoms with Gasteiger partial charge in [-0.25, -0.2) is 4.79 Å². The van der Waals surface area contributed by atoms with Crippen LogP contribution in [0.3, 0.4) is 0 Å². The van der Waals surface area contributed by atoms with Gasteiger partial charge in [0.1, 0.15) is 0 Å². The van der Waals surface area contributed by atoms with Gasteiger partial charge in [0, 0.05) is 31.9 Å². The van der Waals surface area contributed by atoms with Crippen LogP contribution in [-0.2, 0) is 13.0 Å². The Labute approximate surface area is 130 Å². The van der Waals surface area contributed by atoms with E-state index in [0.717, 1.165) is 32.4 Å². The van der Waals surface area contributed by atoms with E-state index in [1.54, 1.807) is 0 Å². The topological polar surface area (TPSA) is 57.3 Å². The molecule has 2 fully saturated rings. The minimum absolute atomic E-state index is 0.108. The molecule has 1 unspecified atom stereocenters. The van der Waals surface area contributed by atoms with Crippen LogP contribution in [0.1, 0.15) is 35.9 Å². The van der Waals surface area contributed by atoms with E-state index in [1.807, 2.05) is 0 Å². The van der Waals surface area contributed by atoms with Crippen LogP contribution in [0.5, 0.6) is 0 Å². The van der Waals surface area contributed by atoms with Gasteiger partial charge in [0.05, 0.1) is 5.48 Å². The third-order valence-corrected chi connectivity index (χ3v) is 4.95. The van der Waals surface area contributed by atoms with E-state index in [0.29, 0.717) is 22.8 Å². The van der Waals surface area contributed by atoms with Crippen LogP contribution >= 0.6 is 0 Å². The molecule has 5 heteroatoms. The van der Waals surface area contributed by atoms with Crippen LogP contribution in [0.4, 0.5) is 4.79 Å². The molecular formula is C16H22N4O. The number of urea groups is 1. The number of hydrogen-bond donors (Lipinski definition) is 2. The summed E-state index contributed by atoms with van der Waals surface area (Å²) in [5, 5.41) is 6.11. The van der Waals surface area contributed by atoms with Crippen molar-refractivity contribution in [1.29, 1.82) is 0 Å². The lowest BCUT2D eigenvalue weighted by atomic mass is 9.92. The van der Waals surface area contributed by atoms with Gasteiger partial charge >= 0.3 is 6.03 Å². The Morgan fingerprint density at radius 2 is 2.29 bits per heavy atom. The van der Waals surface area contributed by atoms with E-state index >= 15 is 0 Å². The molecule has 5 nitrogen and oxygen atoms in total. The smallest absolute Gasteiger partial charge is 0.318 e. The minimum atomic E-state index is -2.23. The second-order valence-electron chi connectivity index (χ2n) is 6.18. The Kier molecular flexibility index (Phi) is 2.23. The van der Waals surface area contributed by atoms with Gasteiger partial charge in [0.15, 0.2) is 0 Å². The van der Waals surface area contributed by atoms with Crippen molar-refractivity contribution in [2.75, 3.05) is 19.6 Å². The molecule has 3 heterocycles. The van der Waals surface area contributed by atoms with E-state index in [-0.39, 0.29) is 11.1 Å². The van der Waals surface area contributed by atoms with Crippen LogP contribution in [0.25, 0.3) is 0 Å². The molecule has 21 heavy (non-hydrogen) atoms. The Morgan fingerprint density at radius 1 is 1.48 bits per heavy atom. The fourth-order valence-electron chi connectivity index (χ4n) is 3.50. The van der Waals surface area contributed by atoms with Crippen molar-refractivity contribution in [3.8, 4) is 0 Å². The maximum Gasteiger partial charge on any atom is 0.318 e. The Hall–Kier alpha value is -1.62. The highest BCUT2D eigenvalue weighted by Gasteiger charge is 2.53. The zero-order chi connectivity index (χ0) is 17.9. The molecule has 1 aromatic rings. The SMILES string of the molecule is [2H]C1([2H])c2ccncc2C([2H])([2H])N1C(=O)NCC1CC12CCNCC2. The summed E-state index contributed by atoms with van der Waals surface area (Å²) >= 11 is 0. The van der Waals surface area contributed by atoms with Gasteiger partial charge in [-0.3, -0.25) is 4.98 Å². The molecule has 1 atom stereocenters. The number of rotatable bonds is 2. The van der Waals surface area contributed by atoms with Crippen LogP contribution < -0.4 is 10.6 Å². The molecule has 0 aromatic carbocycles. The predicted molar refractivity (Wildman–Crippen MR) is 79.5 cm³/mol. The first-order valence-corrected chi connectivity index (χ1v) is 7.53. The molecule has 3 aliphatic rings. The average molecular weight is 290 g/mol. The number of nitrogens with zero attached hydrogens (tertiary/aromatic N) is 2. The maximum absolute atomic E-state index is 12.7. The summed E-state index contributed by atoms with van der Waals surface area (Å²) in [6.07, 6.45) is 6.01. The largest absolute Gasteiger partial charge is 0.338 e. The van der Waals surface area contributed by atoms with E-state index in [2.05, 4.69) is 15.6 Å². The number of aromatic nitrogens is 1. The van der Waals surface area contributed by atoms with Crippen molar-refractivity contribution < 1.29 is 10.3 Å². The molecule has 1 aromatic heterocycles. The Bertz CT molecular complexity index is 670. The van der Waals surface area contributed by atoms with Crippen molar-refractivity contribution in [2.45, 2.75) is 32.3 Å². The van der Waals surface area contributed by atoms with Crippen LogP contribution in [0, 0.1) is 11.3 Å². The highest BCUT2D eigenvalue weighted by Crippen LogP contribution is 2.58. The molecule has 1 saturated heterocycles. The molecule has 2 aliphatic heterocycles. The fourth-order valence-corrected chi connectivity index (χ4v) is 3.50. The molecule has 0 radical (unpaired) electrons. The van der Waals surface area contributed by atoms with Crippen LogP contribution in [-0.4, -0.2) is 35.5 Å². The number of carbonyl (C=O) groups is 1. The number of hydrogen-bond acceptors (Lipinski definition) is 3. The predicted octanol–water partition coefficient (Wildman–Crippen LogP) is 1.50. The Morgan fingerprint density at radius 3 is 3.10 bits per heavy atom. The van der Waals surface area contributed by atoms with E-state index in [1.165, 1.54) is 18.5 Å². The highest BCUT2D eigenvalue weighted by atomic mass is 16.2. The molecule has 2 N–H and O–H groups in total. The number of nitrogens with one attached hydrogen (secondary N) is 2. The third-order valence-electron chi connectivity index (χ3n) is 4.95. The summed E-state index contributed by atoms with van der Waals surface area (Å²) in [5.74, 6) is 0.405. The van der Waals surface area contributed by atoms with Crippen LogP contribution in [0.2, 0.25) is 0 Å². The number of pyridine rings is 1. The first-order chi connectivity index (χ1) is 11.8. The summed E-state index contributed by atoms with van der Waals surface area (Å²) in [7, 11) is 0. The van der Waals surface area contributed by atoms with Gasteiger partial charge in [-0.1, -0.05) is 0 Å². The molecule has 2 amide bonds. The fraction of sp³-hybridized carbons (Fsp3) is 0.625. The first kappa shape index (κ1) is 9.41. The average Bonchev–Trinajstić information content (AvgIpc) is 3.20. The normalized spacial score (nSPS) is 33.3. The van der Waals surface area contributed by atoms with Crippen molar-refractivity contribution in [3.63, 3.8) is 0 Å². The van der Waals surface area contributed by atoms with Gasteiger partial charge in [-0.2, -0.15) is 0 Å². The molecule has 0 bridgehead atoms. The lowest BCUT2D eigenvalue weighted by Crippen LogP contribution is -2.38. The third kappa shape index (κ3) is 2.39. The number of fused-ring (bicyclic) bond motifs is 1. The lowest BCUT2D eigenvalue weighted by Gasteiger charge is -2.24. The number of carbonyl (C=O) groups excluding carboxylic acids is 1. The highest BCUT2D eigenvalue weighted by molar-refractivity contribution is 5.75. The zero-order valence-electron chi connectivity index (χ0n) is 15.9. The summed E-state index contributed by atoms with van der Waals surface area (Å²) in [4.78, 5) is 17.2. The number of piperidine rings is 1. The molecule has 1 saturated carbocycles. The van der Waals surface area contributed by atoms with Gasteiger partial charge in [0.25, 0.3) is 0 Å².